The molecule has 172 valence electrons. The molecular weight excluding hydrogens is 487 g/mol. The second kappa shape index (κ2) is 8.85. The second-order valence-electron chi connectivity index (χ2n) is 8.37. The fourth-order valence-corrected chi connectivity index (χ4v) is 6.30. The van der Waals surface area contributed by atoms with Crippen molar-refractivity contribution in [2.75, 3.05) is 14.2 Å². The molecule has 0 spiro atoms. The Bertz CT molecular complexity index is 1220. The van der Waals surface area contributed by atoms with Gasteiger partial charge in [-0.3, -0.25) is 0 Å². The highest BCUT2D eigenvalue weighted by molar-refractivity contribution is 6.68. The van der Waals surface area contributed by atoms with Crippen LogP contribution in [0.25, 0.3) is 11.1 Å². The molecule has 1 aliphatic rings. The van der Waals surface area contributed by atoms with E-state index in [9.17, 15) is 0 Å². The van der Waals surface area contributed by atoms with Crippen LogP contribution in [-0.2, 0) is 5.41 Å². The van der Waals surface area contributed by atoms with Gasteiger partial charge in [-0.25, -0.2) is 0 Å². The highest BCUT2D eigenvalue weighted by Crippen LogP contribution is 2.64. The van der Waals surface area contributed by atoms with E-state index >= 15 is 0 Å². The van der Waals surface area contributed by atoms with E-state index in [4.69, 9.17) is 44.3 Å². The first kappa shape index (κ1) is 23.1. The second-order valence-corrected chi connectivity index (χ2v) is 10.7. The predicted octanol–water partition coefficient (Wildman–Crippen LogP) is 8.17. The first-order chi connectivity index (χ1) is 16.4. The fourth-order valence-electron chi connectivity index (χ4n) is 5.32. The van der Waals surface area contributed by atoms with Crippen LogP contribution in [0, 0.1) is 0 Å². The van der Waals surface area contributed by atoms with Crippen LogP contribution in [0.2, 0.25) is 0 Å². The van der Waals surface area contributed by atoms with Crippen molar-refractivity contribution in [3.63, 3.8) is 0 Å². The van der Waals surface area contributed by atoms with Gasteiger partial charge >= 0.3 is 0 Å². The van der Waals surface area contributed by atoms with Crippen LogP contribution in [0.3, 0.4) is 0 Å². The standard InChI is InChI=1S/C29H23Cl3O2/c1-33-21-15-11-19(12-16-21)28(29(30,31)32,20-13-17-22(34-2)18-14-20)27-25-9-5-3-7-23(25)24-8-4-6-10-26(24)27/h3-18,27H,1-2H3. The molecule has 5 heteroatoms. The number of rotatable bonds is 5. The third-order valence-corrected chi connectivity index (χ3v) is 7.70. The third kappa shape index (κ3) is 3.48. The summed E-state index contributed by atoms with van der Waals surface area (Å²) in [5.41, 5.74) is 5.29. The summed E-state index contributed by atoms with van der Waals surface area (Å²) in [6.45, 7) is 0. The van der Waals surface area contributed by atoms with Gasteiger partial charge in [-0.2, -0.15) is 0 Å². The van der Waals surface area contributed by atoms with Crippen molar-refractivity contribution in [1.29, 1.82) is 0 Å². The van der Waals surface area contributed by atoms with Crippen LogP contribution in [0.15, 0.2) is 97.1 Å². The summed E-state index contributed by atoms with van der Waals surface area (Å²) in [7, 11) is 3.29. The molecule has 1 aliphatic carbocycles. The van der Waals surface area contributed by atoms with Crippen LogP contribution in [0.5, 0.6) is 11.5 Å². The number of benzene rings is 4. The zero-order chi connectivity index (χ0) is 23.9. The van der Waals surface area contributed by atoms with Crippen LogP contribution in [0.4, 0.5) is 0 Å². The first-order valence-corrected chi connectivity index (χ1v) is 12.1. The average Bonchev–Trinajstić information content (AvgIpc) is 3.19. The molecule has 0 N–H and O–H groups in total. The van der Waals surface area contributed by atoms with Crippen molar-refractivity contribution in [2.45, 2.75) is 15.1 Å². The molecule has 0 radical (unpaired) electrons. The minimum Gasteiger partial charge on any atom is -0.497 e. The maximum absolute atomic E-state index is 7.05. The zero-order valence-electron chi connectivity index (χ0n) is 18.8. The van der Waals surface area contributed by atoms with Gasteiger partial charge in [0.1, 0.15) is 11.5 Å². The van der Waals surface area contributed by atoms with Crippen LogP contribution >= 0.6 is 34.8 Å². The molecule has 0 unspecified atom stereocenters. The lowest BCUT2D eigenvalue weighted by Gasteiger charge is -2.46. The highest BCUT2D eigenvalue weighted by Gasteiger charge is 2.59. The molecule has 0 aliphatic heterocycles. The topological polar surface area (TPSA) is 18.5 Å². The van der Waals surface area contributed by atoms with Gasteiger partial charge in [-0.05, 0) is 57.6 Å². The smallest absolute Gasteiger partial charge is 0.205 e. The molecule has 0 atom stereocenters. The van der Waals surface area contributed by atoms with Crippen molar-refractivity contribution in [3.8, 4) is 22.6 Å². The Morgan fingerprint density at radius 2 is 0.941 bits per heavy atom. The Morgan fingerprint density at radius 1 is 0.559 bits per heavy atom. The van der Waals surface area contributed by atoms with E-state index in [1.165, 1.54) is 0 Å². The van der Waals surface area contributed by atoms with E-state index in [-0.39, 0.29) is 5.92 Å². The molecule has 4 aromatic carbocycles. The number of methoxy groups -OCH3 is 2. The summed E-state index contributed by atoms with van der Waals surface area (Å²) in [6.07, 6.45) is 0. The van der Waals surface area contributed by atoms with Gasteiger partial charge in [0.2, 0.25) is 3.79 Å². The van der Waals surface area contributed by atoms with E-state index in [0.29, 0.717) is 0 Å². The molecule has 5 rings (SSSR count). The molecule has 0 fully saturated rings. The number of hydrogen-bond acceptors (Lipinski definition) is 2. The van der Waals surface area contributed by atoms with E-state index in [0.717, 1.165) is 44.9 Å². The minimum absolute atomic E-state index is 0.241. The van der Waals surface area contributed by atoms with Crippen molar-refractivity contribution in [2.24, 2.45) is 0 Å². The van der Waals surface area contributed by atoms with Gasteiger partial charge < -0.3 is 9.47 Å². The van der Waals surface area contributed by atoms with Crippen molar-refractivity contribution in [1.82, 2.24) is 0 Å². The number of alkyl halides is 3. The van der Waals surface area contributed by atoms with Crippen molar-refractivity contribution in [3.05, 3.63) is 119 Å². The van der Waals surface area contributed by atoms with Gasteiger partial charge in [-0.1, -0.05) is 108 Å². The number of halogens is 3. The van der Waals surface area contributed by atoms with Gasteiger partial charge in [0.15, 0.2) is 0 Å². The lowest BCUT2D eigenvalue weighted by Crippen LogP contribution is -2.46. The van der Waals surface area contributed by atoms with E-state index < -0.39 is 9.21 Å². The molecule has 0 saturated carbocycles. The minimum atomic E-state index is -1.70. The van der Waals surface area contributed by atoms with E-state index in [2.05, 4.69) is 36.4 Å². The monoisotopic (exact) mass is 508 g/mol. The van der Waals surface area contributed by atoms with Gasteiger partial charge in [-0.15, -0.1) is 0 Å². The van der Waals surface area contributed by atoms with E-state index in [1.807, 2.05) is 60.7 Å². The number of fused-ring (bicyclic) bond motifs is 3. The van der Waals surface area contributed by atoms with Crippen LogP contribution in [0.1, 0.15) is 28.2 Å². The van der Waals surface area contributed by atoms with Crippen LogP contribution in [-0.4, -0.2) is 18.0 Å². The zero-order valence-corrected chi connectivity index (χ0v) is 21.0. The largest absolute Gasteiger partial charge is 0.497 e. The SMILES string of the molecule is COc1ccc(C(c2ccc(OC)cc2)(C2c3ccccc3-c3ccccc32)C(Cl)(Cl)Cl)cc1. The molecule has 4 aromatic rings. The molecule has 0 heterocycles. The summed E-state index contributed by atoms with van der Waals surface area (Å²) in [5.74, 6) is 1.24. The summed E-state index contributed by atoms with van der Waals surface area (Å²) in [5, 5.41) is 0. The van der Waals surface area contributed by atoms with Crippen molar-refractivity contribution < 1.29 is 9.47 Å². The number of ether oxygens (including phenoxy) is 2. The molecule has 0 saturated heterocycles. The summed E-state index contributed by atoms with van der Waals surface area (Å²) < 4.78 is 9.15. The normalized spacial score (nSPS) is 13.3. The molecular formula is C29H23Cl3O2. The van der Waals surface area contributed by atoms with Crippen LogP contribution < -0.4 is 9.47 Å². The van der Waals surface area contributed by atoms with E-state index in [1.54, 1.807) is 14.2 Å². The Labute approximate surface area is 215 Å². The Balaban J connectivity index is 1.89. The van der Waals surface area contributed by atoms with Gasteiger partial charge in [0, 0.05) is 5.92 Å². The third-order valence-electron chi connectivity index (χ3n) is 6.80. The summed E-state index contributed by atoms with van der Waals surface area (Å²) >= 11 is 21.2. The van der Waals surface area contributed by atoms with Crippen molar-refractivity contribution >= 4 is 34.8 Å². The Hall–Kier alpha value is -2.65. The summed E-state index contributed by atoms with van der Waals surface area (Å²) in [4.78, 5) is 0. The Morgan fingerprint density at radius 3 is 1.29 bits per heavy atom. The van der Waals surface area contributed by atoms with Gasteiger partial charge in [0.25, 0.3) is 0 Å². The maximum atomic E-state index is 7.05. The number of hydrogen-bond donors (Lipinski definition) is 0. The average molecular weight is 510 g/mol. The molecule has 0 bridgehead atoms. The molecule has 2 nitrogen and oxygen atoms in total. The first-order valence-electron chi connectivity index (χ1n) is 11.0. The fraction of sp³-hybridized carbons (Fsp3) is 0.172. The molecule has 0 aromatic heterocycles. The molecule has 34 heavy (non-hydrogen) atoms. The van der Waals surface area contributed by atoms with Gasteiger partial charge in [0.05, 0.1) is 19.6 Å². The summed E-state index contributed by atoms with van der Waals surface area (Å²) in [6, 6.07) is 32.4. The quantitative estimate of drug-likeness (QED) is 0.253. The maximum Gasteiger partial charge on any atom is 0.205 e. The molecule has 0 amide bonds. The highest BCUT2D eigenvalue weighted by atomic mass is 35.6. The lowest BCUT2D eigenvalue weighted by atomic mass is 9.63. The lowest BCUT2D eigenvalue weighted by molar-refractivity contribution is 0.411. The predicted molar refractivity (Wildman–Crippen MR) is 141 cm³/mol. The Kier molecular flexibility index (Phi) is 6.02.